The van der Waals surface area contributed by atoms with E-state index < -0.39 is 0 Å². The smallest absolute Gasteiger partial charge is 0.305 e. The lowest BCUT2D eigenvalue weighted by atomic mass is 10.0. The second-order valence-corrected chi connectivity index (χ2v) is 3.67. The maximum atomic E-state index is 11.1. The third-order valence-electron chi connectivity index (χ3n) is 2.32. The molecule has 0 aliphatic rings. The lowest BCUT2D eigenvalue weighted by Crippen LogP contribution is -2.13. The third kappa shape index (κ3) is 8.39. The van der Waals surface area contributed by atoms with Crippen LogP contribution in [0.1, 0.15) is 39.0 Å². The Balaban J connectivity index is 3.45. The van der Waals surface area contributed by atoms with Crippen molar-refractivity contribution in [3.05, 3.63) is 0 Å². The molecule has 0 bridgehead atoms. The molecule has 15 heavy (non-hydrogen) atoms. The van der Waals surface area contributed by atoms with Crippen molar-refractivity contribution < 1.29 is 19.7 Å². The van der Waals surface area contributed by atoms with Crippen molar-refractivity contribution in [1.82, 2.24) is 0 Å². The molecule has 4 nitrogen and oxygen atoms in total. The number of aliphatic hydroxyl groups excluding tert-OH is 2. The van der Waals surface area contributed by atoms with Gasteiger partial charge in [0.1, 0.15) is 0 Å². The highest BCUT2D eigenvalue weighted by molar-refractivity contribution is 5.69. The number of unbranched alkanes of at least 4 members (excludes halogenated alkanes) is 1. The van der Waals surface area contributed by atoms with E-state index in [1.54, 1.807) is 0 Å². The van der Waals surface area contributed by atoms with E-state index in [1.807, 2.05) is 6.92 Å². The van der Waals surface area contributed by atoms with Crippen molar-refractivity contribution in [2.24, 2.45) is 5.92 Å². The molecule has 0 amide bonds. The van der Waals surface area contributed by atoms with Crippen LogP contribution >= 0.6 is 0 Å². The van der Waals surface area contributed by atoms with Gasteiger partial charge in [-0.1, -0.05) is 13.3 Å². The standard InChI is InChI=1S/C11H22O4/c1-2-3-4-11(14)15-8-6-10(9-13)5-7-12/h10,12-13H,2-9H2,1H3/t10-/m0/s1. The first-order valence-corrected chi connectivity index (χ1v) is 5.61. The van der Waals surface area contributed by atoms with E-state index in [-0.39, 0.29) is 25.1 Å². The van der Waals surface area contributed by atoms with Gasteiger partial charge in [-0.15, -0.1) is 0 Å². The SMILES string of the molecule is CCCCC(=O)OCC[C@@H](CO)CCO. The summed E-state index contributed by atoms with van der Waals surface area (Å²) in [6, 6.07) is 0. The molecule has 0 unspecified atom stereocenters. The zero-order valence-electron chi connectivity index (χ0n) is 9.45. The van der Waals surface area contributed by atoms with Gasteiger partial charge in [-0.25, -0.2) is 0 Å². The number of rotatable bonds is 9. The van der Waals surface area contributed by atoms with Crippen LogP contribution in [0.4, 0.5) is 0 Å². The summed E-state index contributed by atoms with van der Waals surface area (Å²) in [7, 11) is 0. The maximum Gasteiger partial charge on any atom is 0.305 e. The number of carbonyl (C=O) groups is 1. The first-order chi connectivity index (χ1) is 7.24. The Morgan fingerprint density at radius 3 is 2.60 bits per heavy atom. The normalized spacial score (nSPS) is 12.5. The molecule has 0 saturated heterocycles. The minimum atomic E-state index is -0.169. The lowest BCUT2D eigenvalue weighted by molar-refractivity contribution is -0.144. The van der Waals surface area contributed by atoms with Crippen LogP contribution in [0.2, 0.25) is 0 Å². The molecule has 0 heterocycles. The topological polar surface area (TPSA) is 66.8 Å². The van der Waals surface area contributed by atoms with Crippen LogP contribution in [0.15, 0.2) is 0 Å². The molecule has 0 aromatic rings. The van der Waals surface area contributed by atoms with Gasteiger partial charge in [-0.2, -0.15) is 0 Å². The molecule has 0 aromatic carbocycles. The lowest BCUT2D eigenvalue weighted by Gasteiger charge is -2.12. The predicted octanol–water partition coefficient (Wildman–Crippen LogP) is 1.10. The highest BCUT2D eigenvalue weighted by atomic mass is 16.5. The maximum absolute atomic E-state index is 11.1. The quantitative estimate of drug-likeness (QED) is 0.569. The van der Waals surface area contributed by atoms with Crippen molar-refractivity contribution in [2.75, 3.05) is 19.8 Å². The molecule has 0 saturated carbocycles. The highest BCUT2D eigenvalue weighted by Crippen LogP contribution is 2.07. The van der Waals surface area contributed by atoms with E-state index in [2.05, 4.69) is 0 Å². The highest BCUT2D eigenvalue weighted by Gasteiger charge is 2.08. The first-order valence-electron chi connectivity index (χ1n) is 5.61. The van der Waals surface area contributed by atoms with Crippen molar-refractivity contribution in [1.29, 1.82) is 0 Å². The summed E-state index contributed by atoms with van der Waals surface area (Å²) >= 11 is 0. The van der Waals surface area contributed by atoms with Crippen molar-refractivity contribution in [3.63, 3.8) is 0 Å². The van der Waals surface area contributed by atoms with Crippen LogP contribution in [0.3, 0.4) is 0 Å². The largest absolute Gasteiger partial charge is 0.466 e. The fraction of sp³-hybridized carbons (Fsp3) is 0.909. The Kier molecular flexibility index (Phi) is 9.52. The van der Waals surface area contributed by atoms with Crippen LogP contribution in [0.5, 0.6) is 0 Å². The second kappa shape index (κ2) is 9.93. The van der Waals surface area contributed by atoms with E-state index >= 15 is 0 Å². The molecule has 4 heteroatoms. The Hall–Kier alpha value is -0.610. The summed E-state index contributed by atoms with van der Waals surface area (Å²) in [5.41, 5.74) is 0. The predicted molar refractivity (Wildman–Crippen MR) is 57.4 cm³/mol. The molecular formula is C11H22O4. The Morgan fingerprint density at radius 1 is 1.33 bits per heavy atom. The fourth-order valence-electron chi connectivity index (χ4n) is 1.24. The molecular weight excluding hydrogens is 196 g/mol. The Morgan fingerprint density at radius 2 is 2.07 bits per heavy atom. The summed E-state index contributed by atoms with van der Waals surface area (Å²) in [6.45, 7) is 2.46. The zero-order chi connectivity index (χ0) is 11.5. The third-order valence-corrected chi connectivity index (χ3v) is 2.32. The van der Waals surface area contributed by atoms with Gasteiger partial charge >= 0.3 is 5.97 Å². The molecule has 0 aliphatic heterocycles. The number of esters is 1. The van der Waals surface area contributed by atoms with Crippen LogP contribution in [-0.4, -0.2) is 36.0 Å². The monoisotopic (exact) mass is 218 g/mol. The van der Waals surface area contributed by atoms with Crippen LogP contribution in [-0.2, 0) is 9.53 Å². The molecule has 0 aliphatic carbocycles. The van der Waals surface area contributed by atoms with Gasteiger partial charge < -0.3 is 14.9 Å². The van der Waals surface area contributed by atoms with E-state index in [0.29, 0.717) is 25.9 Å². The Bertz CT molecular complexity index is 159. The summed E-state index contributed by atoms with van der Waals surface area (Å²) in [6.07, 6.45) is 3.50. The fourth-order valence-corrected chi connectivity index (χ4v) is 1.24. The van der Waals surface area contributed by atoms with Gasteiger partial charge in [0.05, 0.1) is 6.61 Å². The van der Waals surface area contributed by atoms with Crippen molar-refractivity contribution in [3.8, 4) is 0 Å². The Labute approximate surface area is 91.3 Å². The van der Waals surface area contributed by atoms with Crippen molar-refractivity contribution >= 4 is 5.97 Å². The molecule has 90 valence electrons. The van der Waals surface area contributed by atoms with Gasteiger partial charge in [-0.05, 0) is 25.2 Å². The number of hydrogen-bond donors (Lipinski definition) is 2. The molecule has 0 rings (SSSR count). The molecule has 0 fully saturated rings. The van der Waals surface area contributed by atoms with E-state index in [9.17, 15) is 4.79 Å². The molecule has 0 aromatic heterocycles. The number of carbonyl (C=O) groups excluding carboxylic acids is 1. The van der Waals surface area contributed by atoms with E-state index in [0.717, 1.165) is 12.8 Å². The molecule has 0 spiro atoms. The van der Waals surface area contributed by atoms with Gasteiger partial charge in [0.2, 0.25) is 0 Å². The van der Waals surface area contributed by atoms with Gasteiger partial charge in [0.15, 0.2) is 0 Å². The van der Waals surface area contributed by atoms with Crippen LogP contribution in [0.25, 0.3) is 0 Å². The second-order valence-electron chi connectivity index (χ2n) is 3.67. The van der Waals surface area contributed by atoms with Crippen LogP contribution in [0, 0.1) is 5.92 Å². The van der Waals surface area contributed by atoms with E-state index in [4.69, 9.17) is 14.9 Å². The van der Waals surface area contributed by atoms with Crippen molar-refractivity contribution in [2.45, 2.75) is 39.0 Å². The molecule has 1 atom stereocenters. The van der Waals surface area contributed by atoms with Gasteiger partial charge in [0.25, 0.3) is 0 Å². The summed E-state index contributed by atoms with van der Waals surface area (Å²) in [4.78, 5) is 11.1. The number of hydrogen-bond acceptors (Lipinski definition) is 4. The molecule has 2 N–H and O–H groups in total. The van der Waals surface area contributed by atoms with Gasteiger partial charge in [0, 0.05) is 19.6 Å². The van der Waals surface area contributed by atoms with E-state index in [1.165, 1.54) is 0 Å². The van der Waals surface area contributed by atoms with Gasteiger partial charge in [-0.3, -0.25) is 4.79 Å². The first kappa shape index (κ1) is 14.4. The minimum Gasteiger partial charge on any atom is -0.466 e. The summed E-state index contributed by atoms with van der Waals surface area (Å²) in [5, 5.41) is 17.6. The average Bonchev–Trinajstić information content (AvgIpc) is 2.25. The average molecular weight is 218 g/mol. The zero-order valence-corrected chi connectivity index (χ0v) is 9.45. The number of aliphatic hydroxyl groups is 2. The minimum absolute atomic E-state index is 0.0348. The number of ether oxygens (including phenoxy) is 1. The van der Waals surface area contributed by atoms with Crippen LogP contribution < -0.4 is 0 Å². The molecule has 0 radical (unpaired) electrons. The summed E-state index contributed by atoms with van der Waals surface area (Å²) < 4.78 is 4.99. The summed E-state index contributed by atoms with van der Waals surface area (Å²) in [5.74, 6) is -0.133.